The summed E-state index contributed by atoms with van der Waals surface area (Å²) in [6.45, 7) is 2.60. The van der Waals surface area contributed by atoms with Gasteiger partial charge in [0.1, 0.15) is 15.6 Å². The van der Waals surface area contributed by atoms with Crippen molar-refractivity contribution in [3.8, 4) is 5.75 Å². The van der Waals surface area contributed by atoms with Crippen molar-refractivity contribution in [1.29, 1.82) is 0 Å². The van der Waals surface area contributed by atoms with Gasteiger partial charge in [-0.05, 0) is 45.1 Å². The predicted octanol–water partition coefficient (Wildman–Crippen LogP) is 1.90. The summed E-state index contributed by atoms with van der Waals surface area (Å²) >= 11 is 0. The summed E-state index contributed by atoms with van der Waals surface area (Å²) in [5.74, 6) is 1.63. The zero-order valence-corrected chi connectivity index (χ0v) is 20.2. The molecule has 0 bridgehead atoms. The van der Waals surface area contributed by atoms with Gasteiger partial charge in [0, 0.05) is 25.9 Å². The van der Waals surface area contributed by atoms with Crippen LogP contribution >= 0.6 is 24.0 Å². The molecule has 0 aromatic heterocycles. The Morgan fingerprint density at radius 1 is 1.33 bits per heavy atom. The lowest BCUT2D eigenvalue weighted by Gasteiger charge is -2.27. The zero-order valence-electron chi connectivity index (χ0n) is 17.0. The summed E-state index contributed by atoms with van der Waals surface area (Å²) in [6, 6.07) is 8.14. The van der Waals surface area contributed by atoms with E-state index in [1.54, 1.807) is 14.2 Å². The molecule has 0 aliphatic heterocycles. The van der Waals surface area contributed by atoms with E-state index < -0.39 is 9.84 Å². The molecular weight excluding hydrogens is 479 g/mol. The van der Waals surface area contributed by atoms with Gasteiger partial charge in [-0.15, -0.1) is 24.0 Å². The van der Waals surface area contributed by atoms with Gasteiger partial charge in [0.2, 0.25) is 0 Å². The quantitative estimate of drug-likeness (QED) is 0.299. The van der Waals surface area contributed by atoms with Crippen LogP contribution in [-0.2, 0) is 9.84 Å². The van der Waals surface area contributed by atoms with E-state index in [4.69, 9.17) is 4.74 Å². The van der Waals surface area contributed by atoms with E-state index in [1.807, 2.05) is 39.2 Å². The number of nitrogens with zero attached hydrogens (tertiary/aromatic N) is 2. The fourth-order valence-electron chi connectivity index (χ4n) is 2.53. The molecular formula is C18H33IN4O3S. The second-order valence-corrected chi connectivity index (χ2v) is 8.93. The first-order valence-electron chi connectivity index (χ1n) is 8.61. The summed E-state index contributed by atoms with van der Waals surface area (Å²) in [6.07, 6.45) is 1.79. The molecule has 2 N–H and O–H groups in total. The maximum absolute atomic E-state index is 11.3. The Morgan fingerprint density at radius 3 is 2.52 bits per heavy atom. The Labute approximate surface area is 180 Å². The maximum Gasteiger partial charge on any atom is 0.191 e. The number of hydrogen-bond acceptors (Lipinski definition) is 5. The predicted molar refractivity (Wildman–Crippen MR) is 123 cm³/mol. The Bertz CT molecular complexity index is 696. The number of rotatable bonds is 9. The normalized spacial score (nSPS) is 14.3. The molecule has 0 amide bonds. The van der Waals surface area contributed by atoms with Crippen LogP contribution in [-0.4, -0.2) is 72.1 Å². The van der Waals surface area contributed by atoms with Crippen molar-refractivity contribution < 1.29 is 13.2 Å². The number of methoxy groups -OCH3 is 1. The number of nitrogens with one attached hydrogen (secondary N) is 2. The Kier molecular flexibility index (Phi) is 11.9. The summed E-state index contributed by atoms with van der Waals surface area (Å²) in [7, 11) is 4.45. The van der Waals surface area contributed by atoms with Crippen LogP contribution in [0.15, 0.2) is 29.3 Å². The minimum Gasteiger partial charge on any atom is -0.497 e. The fraction of sp³-hybridized carbons (Fsp3) is 0.611. The third-order valence-corrected chi connectivity index (χ3v) is 5.07. The van der Waals surface area contributed by atoms with Crippen molar-refractivity contribution in [2.24, 2.45) is 4.99 Å². The van der Waals surface area contributed by atoms with Crippen molar-refractivity contribution in [3.05, 3.63) is 29.8 Å². The van der Waals surface area contributed by atoms with Crippen molar-refractivity contribution in [1.82, 2.24) is 15.5 Å². The van der Waals surface area contributed by atoms with E-state index in [-0.39, 0.29) is 41.8 Å². The molecule has 27 heavy (non-hydrogen) atoms. The number of guanidine groups is 1. The summed E-state index contributed by atoms with van der Waals surface area (Å²) in [5.41, 5.74) is 1.14. The molecule has 0 radical (unpaired) electrons. The lowest BCUT2D eigenvalue weighted by Crippen LogP contribution is -2.45. The molecule has 0 spiro atoms. The smallest absolute Gasteiger partial charge is 0.191 e. The first-order valence-corrected chi connectivity index (χ1v) is 10.7. The first kappa shape index (κ1) is 25.9. The van der Waals surface area contributed by atoms with E-state index in [0.717, 1.165) is 11.3 Å². The van der Waals surface area contributed by atoms with Gasteiger partial charge in [-0.2, -0.15) is 0 Å². The highest BCUT2D eigenvalue weighted by molar-refractivity contribution is 14.0. The van der Waals surface area contributed by atoms with E-state index in [2.05, 4.69) is 26.6 Å². The molecule has 1 aromatic rings. The Hall–Kier alpha value is -1.07. The van der Waals surface area contributed by atoms with Gasteiger partial charge in [0.25, 0.3) is 0 Å². The van der Waals surface area contributed by atoms with Gasteiger partial charge in [0.15, 0.2) is 5.96 Å². The Morgan fingerprint density at radius 2 is 2.00 bits per heavy atom. The van der Waals surface area contributed by atoms with Crippen LogP contribution in [0.3, 0.4) is 0 Å². The molecule has 9 heteroatoms. The van der Waals surface area contributed by atoms with Gasteiger partial charge in [-0.3, -0.25) is 4.99 Å². The number of aliphatic imine (C=N–C) groups is 1. The average Bonchev–Trinajstić information content (AvgIpc) is 2.58. The maximum atomic E-state index is 11.3. The van der Waals surface area contributed by atoms with Crippen LogP contribution in [0, 0.1) is 0 Å². The van der Waals surface area contributed by atoms with Gasteiger partial charge in [-0.1, -0.05) is 12.1 Å². The molecule has 0 heterocycles. The molecule has 2 atom stereocenters. The summed E-state index contributed by atoms with van der Waals surface area (Å²) in [5, 5.41) is 6.56. The third kappa shape index (κ3) is 10.2. The molecule has 1 rings (SSSR count). The molecule has 156 valence electrons. The second kappa shape index (κ2) is 12.4. The van der Waals surface area contributed by atoms with Crippen LogP contribution in [0.25, 0.3) is 0 Å². The van der Waals surface area contributed by atoms with Crippen LogP contribution < -0.4 is 15.4 Å². The standard InChI is InChI=1S/C18H32N4O3S.HI/c1-14(10-11-26(6,23)24)21-18(19-2)20-13-17(22(3)4)15-8-7-9-16(12-15)25-5;/h7-9,12,14,17H,10-11,13H2,1-6H3,(H2,19,20,21);1H. The zero-order chi connectivity index (χ0) is 19.7. The topological polar surface area (TPSA) is 83.0 Å². The number of sulfone groups is 1. The highest BCUT2D eigenvalue weighted by atomic mass is 127. The molecule has 1 aromatic carbocycles. The minimum atomic E-state index is -2.96. The molecule has 0 aliphatic carbocycles. The van der Waals surface area contributed by atoms with Crippen molar-refractivity contribution in [2.45, 2.75) is 25.4 Å². The SMILES string of the molecule is CN=C(NCC(c1cccc(OC)c1)N(C)C)NC(C)CCS(C)(=O)=O.I. The number of benzene rings is 1. The molecule has 2 unspecified atom stereocenters. The lowest BCUT2D eigenvalue weighted by atomic mass is 10.1. The lowest BCUT2D eigenvalue weighted by molar-refractivity contribution is 0.297. The first-order chi connectivity index (χ1) is 12.2. The largest absolute Gasteiger partial charge is 0.497 e. The fourth-order valence-corrected chi connectivity index (χ4v) is 3.31. The molecule has 0 saturated heterocycles. The molecule has 0 saturated carbocycles. The second-order valence-electron chi connectivity index (χ2n) is 6.67. The summed E-state index contributed by atoms with van der Waals surface area (Å²) in [4.78, 5) is 6.36. The average molecular weight is 512 g/mol. The number of likely N-dealkylation sites (N-methyl/N-ethyl adjacent to an activating group) is 1. The minimum absolute atomic E-state index is 0. The number of hydrogen-bond donors (Lipinski definition) is 2. The Balaban J connectivity index is 0.00000676. The highest BCUT2D eigenvalue weighted by Crippen LogP contribution is 2.22. The van der Waals surface area contributed by atoms with Crippen LogP contribution in [0.4, 0.5) is 0 Å². The van der Waals surface area contributed by atoms with Crippen LogP contribution in [0.5, 0.6) is 5.75 Å². The van der Waals surface area contributed by atoms with Crippen molar-refractivity contribution in [2.75, 3.05) is 46.8 Å². The van der Waals surface area contributed by atoms with Gasteiger partial charge >= 0.3 is 0 Å². The van der Waals surface area contributed by atoms with Crippen molar-refractivity contribution >= 4 is 39.8 Å². The number of halogens is 1. The highest BCUT2D eigenvalue weighted by Gasteiger charge is 2.16. The van der Waals surface area contributed by atoms with Gasteiger partial charge in [0.05, 0.1) is 18.9 Å². The van der Waals surface area contributed by atoms with Gasteiger partial charge < -0.3 is 20.3 Å². The molecule has 7 nitrogen and oxygen atoms in total. The molecule has 0 aliphatic rings. The van der Waals surface area contributed by atoms with Crippen LogP contribution in [0.2, 0.25) is 0 Å². The molecule has 0 fully saturated rings. The van der Waals surface area contributed by atoms with E-state index in [1.165, 1.54) is 6.26 Å². The van der Waals surface area contributed by atoms with Crippen molar-refractivity contribution in [3.63, 3.8) is 0 Å². The summed E-state index contributed by atoms with van der Waals surface area (Å²) < 4.78 is 27.9. The van der Waals surface area contributed by atoms with E-state index >= 15 is 0 Å². The van der Waals surface area contributed by atoms with Gasteiger partial charge in [-0.25, -0.2) is 8.42 Å². The third-order valence-electron chi connectivity index (χ3n) is 4.09. The van der Waals surface area contributed by atoms with Crippen LogP contribution in [0.1, 0.15) is 24.9 Å². The van der Waals surface area contributed by atoms with E-state index in [9.17, 15) is 8.42 Å². The monoisotopic (exact) mass is 512 g/mol. The van der Waals surface area contributed by atoms with E-state index in [0.29, 0.717) is 18.9 Å². The number of ether oxygens (including phenoxy) is 1.